The molecule has 1 atom stereocenters. The van der Waals surface area contributed by atoms with Crippen LogP contribution in [0.5, 0.6) is 0 Å². The zero-order valence-electron chi connectivity index (χ0n) is 16.6. The molecule has 2 N–H and O–H groups in total. The maximum atomic E-state index is 12.9. The number of nitrogens with one attached hydrogen (secondary N) is 1. The van der Waals surface area contributed by atoms with E-state index in [2.05, 4.69) is 15.4 Å². The number of benzene rings is 3. The maximum absolute atomic E-state index is 12.9. The van der Waals surface area contributed by atoms with Gasteiger partial charge in [-0.3, -0.25) is 4.79 Å². The third kappa shape index (κ3) is 4.67. The Morgan fingerprint density at radius 1 is 0.871 bits per heavy atom. The number of para-hydroxylation sites is 1. The Morgan fingerprint density at radius 3 is 2.06 bits per heavy atom. The van der Waals surface area contributed by atoms with Gasteiger partial charge in [0.25, 0.3) is 5.91 Å². The first-order valence-corrected chi connectivity index (χ1v) is 9.77. The number of rotatable bonds is 7. The van der Waals surface area contributed by atoms with Gasteiger partial charge in [-0.25, -0.2) is 14.5 Å². The van der Waals surface area contributed by atoms with Crippen molar-refractivity contribution >= 4 is 11.9 Å². The first-order valence-electron chi connectivity index (χ1n) is 9.77. The van der Waals surface area contributed by atoms with E-state index in [1.807, 2.05) is 91.0 Å². The Bertz CT molecular complexity index is 1120. The lowest BCUT2D eigenvalue weighted by Gasteiger charge is -2.13. The minimum Gasteiger partial charge on any atom is -0.480 e. The smallest absolute Gasteiger partial charge is 0.326 e. The molecule has 0 aliphatic rings. The number of hydrogen-bond acceptors (Lipinski definition) is 4. The Kier molecular flexibility index (Phi) is 5.84. The molecule has 31 heavy (non-hydrogen) atoms. The summed E-state index contributed by atoms with van der Waals surface area (Å²) in [6.45, 7) is 0. The third-order valence-electron chi connectivity index (χ3n) is 4.73. The predicted molar refractivity (Wildman–Crippen MR) is 116 cm³/mol. The molecular weight excluding hydrogens is 392 g/mol. The second-order valence-corrected chi connectivity index (χ2v) is 6.93. The molecule has 0 aliphatic heterocycles. The van der Waals surface area contributed by atoms with E-state index in [-0.39, 0.29) is 12.2 Å². The molecule has 7 nitrogen and oxygen atoms in total. The SMILES string of the molecule is O=C(N[C@H](Cc1ccccc1)C(=O)O)c1nc(-c2ccccc2)n(-c2ccccc2)n1. The molecule has 0 aliphatic carbocycles. The quantitative estimate of drug-likeness (QED) is 0.485. The summed E-state index contributed by atoms with van der Waals surface area (Å²) in [6.07, 6.45) is 0.160. The number of carboxylic acids is 1. The number of nitrogens with zero attached hydrogens (tertiary/aromatic N) is 3. The number of hydrogen-bond donors (Lipinski definition) is 2. The van der Waals surface area contributed by atoms with Crippen LogP contribution in [0.3, 0.4) is 0 Å². The summed E-state index contributed by atoms with van der Waals surface area (Å²) < 4.78 is 1.58. The summed E-state index contributed by atoms with van der Waals surface area (Å²) in [5.74, 6) is -1.37. The van der Waals surface area contributed by atoms with E-state index in [0.717, 1.165) is 16.8 Å². The standard InChI is InChI=1S/C24H20N4O3/c29-23(25-20(24(30)31)16-17-10-4-1-5-11-17)21-26-22(18-12-6-2-7-13-18)28(27-21)19-14-8-3-9-15-19/h1-15,20H,16H2,(H,25,29)(H,30,31)/t20-/m1/s1. The highest BCUT2D eigenvalue weighted by atomic mass is 16.4. The molecule has 7 heteroatoms. The highest BCUT2D eigenvalue weighted by Gasteiger charge is 2.25. The number of carboxylic acid groups (broad SMARTS) is 1. The van der Waals surface area contributed by atoms with Crippen molar-refractivity contribution in [1.82, 2.24) is 20.1 Å². The van der Waals surface area contributed by atoms with E-state index in [1.54, 1.807) is 4.68 Å². The van der Waals surface area contributed by atoms with Crippen molar-refractivity contribution in [3.8, 4) is 17.1 Å². The van der Waals surface area contributed by atoms with Gasteiger partial charge in [-0.2, -0.15) is 0 Å². The molecule has 0 unspecified atom stereocenters. The molecule has 0 bridgehead atoms. The van der Waals surface area contributed by atoms with Crippen molar-refractivity contribution in [2.24, 2.45) is 0 Å². The average Bonchev–Trinajstić information content (AvgIpc) is 3.26. The first-order chi connectivity index (χ1) is 15.1. The van der Waals surface area contributed by atoms with Crippen molar-refractivity contribution in [3.63, 3.8) is 0 Å². The fourth-order valence-corrected chi connectivity index (χ4v) is 3.20. The lowest BCUT2D eigenvalue weighted by Crippen LogP contribution is -2.42. The molecule has 0 spiro atoms. The van der Waals surface area contributed by atoms with Crippen LogP contribution in [0.2, 0.25) is 0 Å². The van der Waals surface area contributed by atoms with Crippen LogP contribution in [0, 0.1) is 0 Å². The van der Waals surface area contributed by atoms with Gasteiger partial charge in [0.05, 0.1) is 5.69 Å². The van der Waals surface area contributed by atoms with E-state index >= 15 is 0 Å². The Labute approximate surface area is 179 Å². The molecule has 3 aromatic carbocycles. The molecule has 154 valence electrons. The molecule has 0 radical (unpaired) electrons. The van der Waals surface area contributed by atoms with Crippen molar-refractivity contribution in [1.29, 1.82) is 0 Å². The fourth-order valence-electron chi connectivity index (χ4n) is 3.20. The van der Waals surface area contributed by atoms with Crippen LogP contribution in [0.15, 0.2) is 91.0 Å². The second kappa shape index (κ2) is 9.04. The minimum absolute atomic E-state index is 0.0954. The van der Waals surface area contributed by atoms with Gasteiger partial charge in [-0.05, 0) is 17.7 Å². The molecule has 1 heterocycles. The Morgan fingerprint density at radius 2 is 1.45 bits per heavy atom. The van der Waals surface area contributed by atoms with Crippen molar-refractivity contribution in [2.75, 3.05) is 0 Å². The average molecular weight is 412 g/mol. The van der Waals surface area contributed by atoms with Crippen molar-refractivity contribution < 1.29 is 14.7 Å². The predicted octanol–water partition coefficient (Wildman–Crippen LogP) is 3.36. The zero-order chi connectivity index (χ0) is 21.6. The number of carbonyl (C=O) groups excluding carboxylic acids is 1. The molecule has 0 saturated carbocycles. The highest BCUT2D eigenvalue weighted by Crippen LogP contribution is 2.21. The summed E-state index contributed by atoms with van der Waals surface area (Å²) in [5.41, 5.74) is 2.34. The Hall–Kier alpha value is -4.26. The summed E-state index contributed by atoms with van der Waals surface area (Å²) in [4.78, 5) is 29.0. The van der Waals surface area contributed by atoms with Crippen LogP contribution in [0.25, 0.3) is 17.1 Å². The van der Waals surface area contributed by atoms with Gasteiger partial charge in [0.1, 0.15) is 6.04 Å². The van der Waals surface area contributed by atoms with Gasteiger partial charge in [-0.1, -0.05) is 78.9 Å². The molecule has 4 aromatic rings. The third-order valence-corrected chi connectivity index (χ3v) is 4.73. The lowest BCUT2D eigenvalue weighted by atomic mass is 10.1. The fraction of sp³-hybridized carbons (Fsp3) is 0.0833. The Balaban J connectivity index is 1.65. The van der Waals surface area contributed by atoms with Gasteiger partial charge in [0.2, 0.25) is 5.82 Å². The van der Waals surface area contributed by atoms with Crippen molar-refractivity contribution in [3.05, 3.63) is 102 Å². The number of aromatic nitrogens is 3. The number of amides is 1. The second-order valence-electron chi connectivity index (χ2n) is 6.93. The summed E-state index contributed by atoms with van der Waals surface area (Å²) in [7, 11) is 0. The van der Waals surface area contributed by atoms with E-state index in [1.165, 1.54) is 0 Å². The number of carbonyl (C=O) groups is 2. The monoisotopic (exact) mass is 412 g/mol. The van der Waals surface area contributed by atoms with E-state index < -0.39 is 17.9 Å². The van der Waals surface area contributed by atoms with Crippen LogP contribution in [0.4, 0.5) is 0 Å². The highest BCUT2D eigenvalue weighted by molar-refractivity contribution is 5.94. The van der Waals surface area contributed by atoms with E-state index in [0.29, 0.717) is 5.82 Å². The van der Waals surface area contributed by atoms with Gasteiger partial charge in [0, 0.05) is 12.0 Å². The minimum atomic E-state index is -1.12. The summed E-state index contributed by atoms with van der Waals surface area (Å²) in [5, 5.41) is 16.5. The van der Waals surface area contributed by atoms with Crippen LogP contribution in [0.1, 0.15) is 16.2 Å². The molecule has 0 saturated heterocycles. The first kappa shape index (κ1) is 20.0. The van der Waals surface area contributed by atoms with Gasteiger partial charge in [-0.15, -0.1) is 5.10 Å². The van der Waals surface area contributed by atoms with Gasteiger partial charge >= 0.3 is 5.97 Å². The van der Waals surface area contributed by atoms with Crippen LogP contribution < -0.4 is 5.32 Å². The molecule has 1 aromatic heterocycles. The van der Waals surface area contributed by atoms with Crippen molar-refractivity contribution in [2.45, 2.75) is 12.5 Å². The summed E-state index contributed by atoms with van der Waals surface area (Å²) >= 11 is 0. The summed E-state index contributed by atoms with van der Waals surface area (Å²) in [6, 6.07) is 26.8. The van der Waals surface area contributed by atoms with Gasteiger partial charge in [0.15, 0.2) is 5.82 Å². The topological polar surface area (TPSA) is 97.1 Å². The lowest BCUT2D eigenvalue weighted by molar-refractivity contribution is -0.139. The maximum Gasteiger partial charge on any atom is 0.326 e. The van der Waals surface area contributed by atoms with E-state index in [9.17, 15) is 14.7 Å². The van der Waals surface area contributed by atoms with Gasteiger partial charge < -0.3 is 10.4 Å². The van der Waals surface area contributed by atoms with E-state index in [4.69, 9.17) is 0 Å². The largest absolute Gasteiger partial charge is 0.480 e. The van der Waals surface area contributed by atoms with Crippen LogP contribution in [-0.4, -0.2) is 37.8 Å². The molecule has 4 rings (SSSR count). The van der Waals surface area contributed by atoms with Crippen LogP contribution in [-0.2, 0) is 11.2 Å². The molecule has 0 fully saturated rings. The zero-order valence-corrected chi connectivity index (χ0v) is 16.6. The molecular formula is C24H20N4O3. The number of aliphatic carboxylic acids is 1. The van der Waals surface area contributed by atoms with Crippen LogP contribution >= 0.6 is 0 Å². The molecule has 1 amide bonds. The normalized spacial score (nSPS) is 11.6.